The molecule has 0 fully saturated rings. The number of carbonyl (C=O) groups excluding carboxylic acids is 1. The van der Waals surface area contributed by atoms with Crippen molar-refractivity contribution < 1.29 is 14.7 Å². The molecule has 0 aliphatic carbocycles. The zero-order chi connectivity index (χ0) is 13.9. The Hall–Kier alpha value is -1.84. The molecule has 0 radical (unpaired) electrons. The quantitative estimate of drug-likeness (QED) is 0.862. The number of amides is 1. The van der Waals surface area contributed by atoms with E-state index in [1.165, 1.54) is 0 Å². The van der Waals surface area contributed by atoms with Gasteiger partial charge in [0.25, 0.3) is 0 Å². The van der Waals surface area contributed by atoms with E-state index in [0.29, 0.717) is 5.69 Å². The van der Waals surface area contributed by atoms with Gasteiger partial charge in [0.1, 0.15) is 0 Å². The molecule has 0 spiro atoms. The van der Waals surface area contributed by atoms with Crippen LogP contribution in [0.4, 0.5) is 5.69 Å². The van der Waals surface area contributed by atoms with E-state index in [4.69, 9.17) is 0 Å². The van der Waals surface area contributed by atoms with Crippen molar-refractivity contribution >= 4 is 17.6 Å². The van der Waals surface area contributed by atoms with Crippen molar-refractivity contribution in [1.29, 1.82) is 0 Å². The molecule has 0 saturated carbocycles. The van der Waals surface area contributed by atoms with Crippen LogP contribution in [0.25, 0.3) is 0 Å². The van der Waals surface area contributed by atoms with Gasteiger partial charge in [-0.1, -0.05) is 19.9 Å². The van der Waals surface area contributed by atoms with Crippen LogP contribution in [0.2, 0.25) is 0 Å². The van der Waals surface area contributed by atoms with Crippen molar-refractivity contribution in [2.75, 3.05) is 5.32 Å². The van der Waals surface area contributed by atoms with Crippen molar-refractivity contribution in [3.05, 3.63) is 28.8 Å². The van der Waals surface area contributed by atoms with Crippen LogP contribution in [0.5, 0.6) is 0 Å². The Labute approximate surface area is 107 Å². The maximum absolute atomic E-state index is 11.9. The number of hydrogen-bond acceptors (Lipinski definition) is 2. The lowest BCUT2D eigenvalue weighted by Gasteiger charge is -2.15. The normalized spacial score (nSPS) is 12.0. The molecule has 1 aromatic rings. The number of carbonyl (C=O) groups is 2. The highest BCUT2D eigenvalue weighted by Crippen LogP contribution is 2.23. The molecule has 1 unspecified atom stereocenters. The van der Waals surface area contributed by atoms with Gasteiger partial charge in [-0.3, -0.25) is 4.79 Å². The van der Waals surface area contributed by atoms with E-state index in [1.54, 1.807) is 13.0 Å². The fraction of sp³-hybridized carbons (Fsp3) is 0.429. The van der Waals surface area contributed by atoms with Gasteiger partial charge in [0.15, 0.2) is 0 Å². The molecule has 1 rings (SSSR count). The van der Waals surface area contributed by atoms with Crippen LogP contribution in [-0.2, 0) is 4.79 Å². The second-order valence-corrected chi connectivity index (χ2v) is 4.61. The Balaban J connectivity index is 3.15. The van der Waals surface area contributed by atoms with E-state index in [9.17, 15) is 14.7 Å². The van der Waals surface area contributed by atoms with Crippen LogP contribution in [-0.4, -0.2) is 17.0 Å². The Morgan fingerprint density at radius 1 is 1.33 bits per heavy atom. The number of benzene rings is 1. The van der Waals surface area contributed by atoms with Gasteiger partial charge in [-0.2, -0.15) is 0 Å². The average Bonchev–Trinajstić information content (AvgIpc) is 2.30. The molecule has 4 nitrogen and oxygen atoms in total. The van der Waals surface area contributed by atoms with Crippen molar-refractivity contribution in [2.45, 2.75) is 34.1 Å². The Morgan fingerprint density at radius 3 is 2.44 bits per heavy atom. The third kappa shape index (κ3) is 3.09. The highest BCUT2D eigenvalue weighted by Gasteiger charge is 2.18. The summed E-state index contributed by atoms with van der Waals surface area (Å²) in [7, 11) is 0. The van der Waals surface area contributed by atoms with Crippen molar-refractivity contribution in [2.24, 2.45) is 5.92 Å². The second kappa shape index (κ2) is 5.67. The summed E-state index contributed by atoms with van der Waals surface area (Å²) in [6, 6.07) is 3.43. The summed E-state index contributed by atoms with van der Waals surface area (Å²) in [5.74, 6) is -1.31. The Kier molecular flexibility index (Phi) is 4.48. The van der Waals surface area contributed by atoms with Crippen molar-refractivity contribution in [1.82, 2.24) is 0 Å². The zero-order valence-electron chi connectivity index (χ0n) is 11.2. The van der Waals surface area contributed by atoms with Crippen LogP contribution >= 0.6 is 0 Å². The molecule has 1 aromatic carbocycles. The molecule has 1 atom stereocenters. The molecule has 0 aliphatic rings. The highest BCUT2D eigenvalue weighted by atomic mass is 16.4. The van der Waals surface area contributed by atoms with Crippen LogP contribution < -0.4 is 5.32 Å². The van der Waals surface area contributed by atoms with Gasteiger partial charge >= 0.3 is 5.97 Å². The molecule has 1 amide bonds. The van der Waals surface area contributed by atoms with E-state index in [0.717, 1.165) is 17.5 Å². The largest absolute Gasteiger partial charge is 0.478 e. The van der Waals surface area contributed by atoms with Gasteiger partial charge in [0.05, 0.1) is 11.3 Å². The fourth-order valence-electron chi connectivity index (χ4n) is 1.73. The summed E-state index contributed by atoms with van der Waals surface area (Å²) in [5.41, 5.74) is 2.18. The predicted octanol–water partition coefficient (Wildman–Crippen LogP) is 2.99. The van der Waals surface area contributed by atoms with Gasteiger partial charge in [-0.15, -0.1) is 0 Å². The first-order chi connectivity index (χ1) is 8.36. The van der Waals surface area contributed by atoms with Gasteiger partial charge in [-0.05, 0) is 37.5 Å². The molecule has 0 aromatic heterocycles. The van der Waals surface area contributed by atoms with Gasteiger partial charge < -0.3 is 10.4 Å². The average molecular weight is 249 g/mol. The van der Waals surface area contributed by atoms with Crippen molar-refractivity contribution in [3.8, 4) is 0 Å². The lowest BCUT2D eigenvalue weighted by atomic mass is 10.0. The number of carboxylic acids is 1. The summed E-state index contributed by atoms with van der Waals surface area (Å²) in [4.78, 5) is 23.0. The molecular formula is C14H19NO3. The molecule has 0 heterocycles. The van der Waals surface area contributed by atoms with E-state index in [2.05, 4.69) is 5.32 Å². The minimum absolute atomic E-state index is 0.132. The Bertz CT molecular complexity index is 480. The number of anilines is 1. The zero-order valence-corrected chi connectivity index (χ0v) is 11.2. The van der Waals surface area contributed by atoms with Crippen molar-refractivity contribution in [3.63, 3.8) is 0 Å². The first kappa shape index (κ1) is 14.2. The second-order valence-electron chi connectivity index (χ2n) is 4.61. The number of aryl methyl sites for hydroxylation is 2. The first-order valence-electron chi connectivity index (χ1n) is 6.02. The van der Waals surface area contributed by atoms with E-state index >= 15 is 0 Å². The fourth-order valence-corrected chi connectivity index (χ4v) is 1.73. The smallest absolute Gasteiger partial charge is 0.337 e. The lowest BCUT2D eigenvalue weighted by molar-refractivity contribution is -0.119. The van der Waals surface area contributed by atoms with Crippen LogP contribution in [0, 0.1) is 19.8 Å². The standard InChI is InChI=1S/C14H19NO3/c1-5-9(3)13(16)15-12-10(4)6-8(2)7-11(12)14(17)18/h6-7,9H,5H2,1-4H3,(H,15,16)(H,17,18). The molecule has 0 saturated heterocycles. The third-order valence-corrected chi connectivity index (χ3v) is 3.02. The van der Waals surface area contributed by atoms with E-state index in [1.807, 2.05) is 26.8 Å². The van der Waals surface area contributed by atoms with Crippen LogP contribution in [0.1, 0.15) is 41.8 Å². The minimum atomic E-state index is -1.03. The minimum Gasteiger partial charge on any atom is -0.478 e. The summed E-state index contributed by atoms with van der Waals surface area (Å²) in [6.07, 6.45) is 0.721. The molecule has 18 heavy (non-hydrogen) atoms. The molecular weight excluding hydrogens is 230 g/mol. The molecule has 4 heteroatoms. The van der Waals surface area contributed by atoms with Gasteiger partial charge in [0.2, 0.25) is 5.91 Å². The predicted molar refractivity (Wildman–Crippen MR) is 71.0 cm³/mol. The number of aromatic carboxylic acids is 1. The van der Waals surface area contributed by atoms with Gasteiger partial charge in [0, 0.05) is 5.92 Å². The first-order valence-corrected chi connectivity index (χ1v) is 6.02. The summed E-state index contributed by atoms with van der Waals surface area (Å²) in [6.45, 7) is 7.37. The Morgan fingerprint density at radius 2 is 1.94 bits per heavy atom. The summed E-state index contributed by atoms with van der Waals surface area (Å²) >= 11 is 0. The number of rotatable bonds is 4. The topological polar surface area (TPSA) is 66.4 Å². The van der Waals surface area contributed by atoms with E-state index < -0.39 is 5.97 Å². The third-order valence-electron chi connectivity index (χ3n) is 3.02. The number of nitrogens with one attached hydrogen (secondary N) is 1. The van der Waals surface area contributed by atoms with Crippen LogP contribution in [0.3, 0.4) is 0 Å². The maximum atomic E-state index is 11.9. The highest BCUT2D eigenvalue weighted by molar-refractivity contribution is 6.02. The monoisotopic (exact) mass is 249 g/mol. The summed E-state index contributed by atoms with van der Waals surface area (Å²) < 4.78 is 0. The summed E-state index contributed by atoms with van der Waals surface area (Å²) in [5, 5.41) is 11.9. The van der Waals surface area contributed by atoms with Gasteiger partial charge in [-0.25, -0.2) is 4.79 Å². The van der Waals surface area contributed by atoms with E-state index in [-0.39, 0.29) is 17.4 Å². The molecule has 0 aliphatic heterocycles. The SMILES string of the molecule is CCC(C)C(=O)Nc1c(C)cc(C)cc1C(=O)O. The number of carboxylic acid groups (broad SMARTS) is 1. The molecule has 2 N–H and O–H groups in total. The number of hydrogen-bond donors (Lipinski definition) is 2. The van der Waals surface area contributed by atoms with Crippen LogP contribution in [0.15, 0.2) is 12.1 Å². The molecule has 0 bridgehead atoms. The molecule has 98 valence electrons. The maximum Gasteiger partial charge on any atom is 0.337 e. The lowest BCUT2D eigenvalue weighted by Crippen LogP contribution is -2.22.